The van der Waals surface area contributed by atoms with Gasteiger partial charge in [-0.1, -0.05) is 60.7 Å². The van der Waals surface area contributed by atoms with Crippen molar-refractivity contribution in [2.75, 3.05) is 13.1 Å². The van der Waals surface area contributed by atoms with Gasteiger partial charge in [0.1, 0.15) is 0 Å². The van der Waals surface area contributed by atoms with Gasteiger partial charge in [0.05, 0.1) is 0 Å². The molecule has 26 heavy (non-hydrogen) atoms. The van der Waals surface area contributed by atoms with E-state index in [1.54, 1.807) is 24.3 Å². The van der Waals surface area contributed by atoms with E-state index in [0.29, 0.717) is 34.3 Å². The average molecular weight is 436 g/mol. The van der Waals surface area contributed by atoms with Crippen LogP contribution in [0.25, 0.3) is 0 Å². The summed E-state index contributed by atoms with van der Waals surface area (Å²) in [5.41, 5.74) is 0.694. The molecule has 0 spiro atoms. The van der Waals surface area contributed by atoms with E-state index in [0.717, 1.165) is 0 Å². The molecule has 2 aromatic carbocycles. The molecule has 0 bridgehead atoms. The largest absolute Gasteiger partial charge is 2.00 e. The minimum absolute atomic E-state index is 0. The van der Waals surface area contributed by atoms with Gasteiger partial charge in [-0.3, -0.25) is 9.98 Å². The third-order valence-electron chi connectivity index (χ3n) is 3.44. The molecule has 2 rings (SSSR count). The van der Waals surface area contributed by atoms with Crippen molar-refractivity contribution in [3.05, 3.63) is 57.6 Å². The molecule has 0 saturated carbocycles. The number of hydrogen-bond donors (Lipinski definition) is 0. The summed E-state index contributed by atoms with van der Waals surface area (Å²) in [4.78, 5) is 8.66. The Bertz CT molecular complexity index is 743. The van der Waals surface area contributed by atoms with Crippen molar-refractivity contribution in [2.24, 2.45) is 15.4 Å². The van der Waals surface area contributed by atoms with E-state index in [-0.39, 0.29) is 33.4 Å². The van der Waals surface area contributed by atoms with Crippen LogP contribution in [0, 0.1) is 5.41 Å². The van der Waals surface area contributed by atoms with E-state index < -0.39 is 0 Å². The Kier molecular flexibility index (Phi) is 8.62. The molecule has 2 aromatic rings. The molecule has 0 aliphatic heterocycles. The van der Waals surface area contributed by atoms with Crippen LogP contribution in [0.15, 0.2) is 46.4 Å². The van der Waals surface area contributed by atoms with Gasteiger partial charge in [-0.2, -0.15) is 0 Å². The maximum absolute atomic E-state index is 11.7. The predicted molar refractivity (Wildman–Crippen MR) is 100 cm³/mol. The van der Waals surface area contributed by atoms with Crippen molar-refractivity contribution < 1.29 is 26.7 Å². The van der Waals surface area contributed by atoms with Gasteiger partial charge in [-0.15, -0.1) is 0 Å². The topological polar surface area (TPSA) is 70.8 Å². The van der Waals surface area contributed by atoms with Crippen LogP contribution in [0.4, 0.5) is 0 Å². The zero-order valence-electron chi connectivity index (χ0n) is 14.3. The van der Waals surface area contributed by atoms with Crippen LogP contribution in [0.1, 0.15) is 25.0 Å². The SMILES string of the molecule is CC(C)(CN=Cc1cc(Cl)ccc1[O-])CN=Cc1cc(Cl)ccc1[O-].[Ni+2]. The molecule has 0 aliphatic carbocycles. The van der Waals surface area contributed by atoms with Crippen molar-refractivity contribution in [3.8, 4) is 11.5 Å². The van der Waals surface area contributed by atoms with Crippen LogP contribution >= 0.6 is 23.2 Å². The van der Waals surface area contributed by atoms with Crippen molar-refractivity contribution in [1.82, 2.24) is 0 Å². The summed E-state index contributed by atoms with van der Waals surface area (Å²) in [5, 5.41) is 24.4. The molecular formula is C19H18Cl2N2NiO2. The van der Waals surface area contributed by atoms with Crippen molar-refractivity contribution in [1.29, 1.82) is 0 Å². The van der Waals surface area contributed by atoms with Gasteiger partial charge in [0.2, 0.25) is 0 Å². The molecule has 0 radical (unpaired) electrons. The third-order valence-corrected chi connectivity index (χ3v) is 3.91. The average Bonchev–Trinajstić information content (AvgIpc) is 2.54. The van der Waals surface area contributed by atoms with Gasteiger partial charge in [0.15, 0.2) is 0 Å². The summed E-state index contributed by atoms with van der Waals surface area (Å²) in [6.07, 6.45) is 3.07. The molecule has 0 saturated heterocycles. The second-order valence-corrected chi connectivity index (χ2v) is 7.34. The number of hydrogen-bond acceptors (Lipinski definition) is 4. The molecule has 140 valence electrons. The first-order chi connectivity index (χ1) is 11.8. The smallest absolute Gasteiger partial charge is 0.872 e. The second kappa shape index (κ2) is 9.96. The van der Waals surface area contributed by atoms with Gasteiger partial charge in [-0.25, -0.2) is 0 Å². The van der Waals surface area contributed by atoms with Crippen molar-refractivity contribution >= 4 is 35.6 Å². The molecule has 0 N–H and O–H groups in total. The summed E-state index contributed by atoms with van der Waals surface area (Å²) >= 11 is 11.8. The molecular weight excluding hydrogens is 418 g/mol. The van der Waals surface area contributed by atoms with E-state index in [1.165, 1.54) is 24.6 Å². The van der Waals surface area contributed by atoms with Gasteiger partial charge in [-0.05, 0) is 35.4 Å². The maximum Gasteiger partial charge on any atom is 2.00 e. The number of benzene rings is 2. The van der Waals surface area contributed by atoms with Gasteiger partial charge >= 0.3 is 16.5 Å². The fourth-order valence-corrected chi connectivity index (χ4v) is 2.43. The minimum Gasteiger partial charge on any atom is -0.872 e. The predicted octanol–water partition coefficient (Wildman–Crippen LogP) is 3.70. The monoisotopic (exact) mass is 434 g/mol. The number of aliphatic imine (C=N–C) groups is 2. The zero-order valence-corrected chi connectivity index (χ0v) is 16.8. The van der Waals surface area contributed by atoms with E-state index >= 15 is 0 Å². The number of nitrogens with zero attached hydrogens (tertiary/aromatic N) is 2. The first-order valence-corrected chi connectivity index (χ1v) is 8.45. The summed E-state index contributed by atoms with van der Waals surface area (Å²) in [6.45, 7) is 4.98. The Morgan fingerprint density at radius 2 is 1.23 bits per heavy atom. The molecule has 0 aliphatic rings. The molecule has 0 amide bonds. The Hall–Kier alpha value is -1.55. The Morgan fingerprint density at radius 1 is 0.846 bits per heavy atom. The second-order valence-electron chi connectivity index (χ2n) is 6.47. The van der Waals surface area contributed by atoms with Crippen molar-refractivity contribution in [3.63, 3.8) is 0 Å². The Labute approximate surface area is 173 Å². The van der Waals surface area contributed by atoms with E-state index in [4.69, 9.17) is 23.2 Å². The quantitative estimate of drug-likeness (QED) is 0.512. The third kappa shape index (κ3) is 6.99. The molecule has 7 heteroatoms. The molecule has 0 unspecified atom stereocenters. The van der Waals surface area contributed by atoms with Crippen LogP contribution in [0.2, 0.25) is 10.0 Å². The van der Waals surface area contributed by atoms with E-state index in [1.807, 2.05) is 13.8 Å². The Morgan fingerprint density at radius 3 is 1.62 bits per heavy atom. The first kappa shape index (κ1) is 22.5. The fourth-order valence-electron chi connectivity index (χ4n) is 2.07. The first-order valence-electron chi connectivity index (χ1n) is 7.70. The standard InChI is InChI=1S/C19H20Cl2N2O2.Ni/c1-19(2,11-22-9-13-7-15(20)3-5-17(13)24)12-23-10-14-8-16(21)4-6-18(14)25;/h3-10,24-25H,11-12H2,1-2H3;/q;+2/p-2. The van der Waals surface area contributed by atoms with Crippen LogP contribution in [-0.2, 0) is 16.5 Å². The van der Waals surface area contributed by atoms with Crippen LogP contribution < -0.4 is 10.2 Å². The summed E-state index contributed by atoms with van der Waals surface area (Å²) in [5.74, 6) is -0.235. The Balaban J connectivity index is 0.00000338. The van der Waals surface area contributed by atoms with Crippen LogP contribution in [0.5, 0.6) is 11.5 Å². The molecule has 0 aromatic heterocycles. The summed E-state index contributed by atoms with van der Waals surface area (Å²) < 4.78 is 0. The molecule has 0 atom stereocenters. The van der Waals surface area contributed by atoms with Crippen molar-refractivity contribution in [2.45, 2.75) is 13.8 Å². The summed E-state index contributed by atoms with van der Waals surface area (Å²) in [6, 6.07) is 9.14. The number of halogens is 2. The fraction of sp³-hybridized carbons (Fsp3) is 0.263. The minimum atomic E-state index is -0.226. The van der Waals surface area contributed by atoms with E-state index in [2.05, 4.69) is 9.98 Å². The van der Waals surface area contributed by atoms with Crippen LogP contribution in [-0.4, -0.2) is 25.5 Å². The number of rotatable bonds is 6. The van der Waals surface area contributed by atoms with Gasteiger partial charge in [0, 0.05) is 41.0 Å². The maximum atomic E-state index is 11.7. The van der Waals surface area contributed by atoms with E-state index in [9.17, 15) is 10.2 Å². The van der Waals surface area contributed by atoms with Gasteiger partial charge < -0.3 is 10.2 Å². The van der Waals surface area contributed by atoms with Crippen LogP contribution in [0.3, 0.4) is 0 Å². The summed E-state index contributed by atoms with van der Waals surface area (Å²) in [7, 11) is 0. The zero-order chi connectivity index (χ0) is 18.4. The normalized spacial score (nSPS) is 11.8. The molecule has 4 nitrogen and oxygen atoms in total. The molecule has 0 fully saturated rings. The van der Waals surface area contributed by atoms with Gasteiger partial charge in [0.25, 0.3) is 0 Å². The molecule has 0 heterocycles.